The van der Waals surface area contributed by atoms with Crippen molar-refractivity contribution in [3.8, 4) is 0 Å². The highest BCUT2D eigenvalue weighted by Gasteiger charge is 2.68. The Labute approximate surface area is 93.8 Å². The molecule has 15 heavy (non-hydrogen) atoms. The van der Waals surface area contributed by atoms with E-state index in [1.165, 1.54) is 11.8 Å². The van der Waals surface area contributed by atoms with Crippen molar-refractivity contribution in [2.24, 2.45) is 35.0 Å². The molecule has 4 rings (SSSR count). The van der Waals surface area contributed by atoms with Crippen molar-refractivity contribution in [2.75, 3.05) is 0 Å². The Morgan fingerprint density at radius 1 is 0.800 bits per heavy atom. The van der Waals surface area contributed by atoms with Gasteiger partial charge in [-0.3, -0.25) is 0 Å². The zero-order chi connectivity index (χ0) is 10.0. The van der Waals surface area contributed by atoms with E-state index in [2.05, 4.69) is 6.92 Å². The normalized spacial score (nSPS) is 61.8. The maximum atomic E-state index is 2.46. The summed E-state index contributed by atoms with van der Waals surface area (Å²) in [5.41, 5.74) is 0.921. The van der Waals surface area contributed by atoms with Crippen LogP contribution in [0.25, 0.3) is 0 Å². The minimum absolute atomic E-state index is 0.921. The highest BCUT2D eigenvalue weighted by atomic mass is 14.7. The summed E-state index contributed by atoms with van der Waals surface area (Å²) in [7, 11) is 0. The summed E-state index contributed by atoms with van der Waals surface area (Å²) in [6, 6.07) is 0. The van der Waals surface area contributed by atoms with Crippen LogP contribution in [0, 0.1) is 35.0 Å². The van der Waals surface area contributed by atoms with E-state index in [1.54, 1.807) is 51.4 Å². The molecular weight excluding hydrogens is 180 g/mol. The second kappa shape index (κ2) is 2.81. The van der Waals surface area contributed by atoms with Gasteiger partial charge in [-0.25, -0.2) is 0 Å². The molecule has 0 aromatic rings. The van der Waals surface area contributed by atoms with Gasteiger partial charge < -0.3 is 0 Å². The van der Waals surface area contributed by atoms with Gasteiger partial charge in [-0.1, -0.05) is 26.2 Å². The van der Waals surface area contributed by atoms with Crippen LogP contribution < -0.4 is 0 Å². The monoisotopic (exact) mass is 204 g/mol. The SMILES string of the molecule is CC1CC2(C1)C1CCC3CCC(C3)CC12. The fourth-order valence-electron chi connectivity index (χ4n) is 5.83. The average molecular weight is 204 g/mol. The lowest BCUT2D eigenvalue weighted by Crippen LogP contribution is -2.26. The molecule has 0 saturated heterocycles. The molecule has 0 amide bonds. The van der Waals surface area contributed by atoms with Gasteiger partial charge in [0.2, 0.25) is 0 Å². The van der Waals surface area contributed by atoms with E-state index in [1.807, 2.05) is 0 Å². The molecular formula is C15H24. The van der Waals surface area contributed by atoms with Gasteiger partial charge in [-0.2, -0.15) is 0 Å². The highest BCUT2D eigenvalue weighted by molar-refractivity contribution is 5.17. The number of fused-ring (bicyclic) bond motifs is 5. The van der Waals surface area contributed by atoms with Gasteiger partial charge in [0.25, 0.3) is 0 Å². The average Bonchev–Trinajstić information content (AvgIpc) is 2.60. The Morgan fingerprint density at radius 2 is 1.53 bits per heavy atom. The molecule has 0 heterocycles. The summed E-state index contributed by atoms with van der Waals surface area (Å²) in [5.74, 6) is 5.74. The molecule has 0 radical (unpaired) electrons. The largest absolute Gasteiger partial charge is 0.0625 e. The van der Waals surface area contributed by atoms with E-state index in [4.69, 9.17) is 0 Å². The summed E-state index contributed by atoms with van der Waals surface area (Å²) in [6.07, 6.45) is 12.8. The first-order valence-electron chi connectivity index (χ1n) is 7.28. The Kier molecular flexibility index (Phi) is 1.70. The van der Waals surface area contributed by atoms with Crippen molar-refractivity contribution in [2.45, 2.75) is 58.3 Å². The van der Waals surface area contributed by atoms with Crippen LogP contribution in [0.3, 0.4) is 0 Å². The van der Waals surface area contributed by atoms with Gasteiger partial charge in [0, 0.05) is 0 Å². The first-order chi connectivity index (χ1) is 7.28. The first-order valence-corrected chi connectivity index (χ1v) is 7.28. The third-order valence-electron chi connectivity index (χ3n) is 6.43. The van der Waals surface area contributed by atoms with Crippen LogP contribution in [-0.4, -0.2) is 0 Å². The fourth-order valence-corrected chi connectivity index (χ4v) is 5.83. The zero-order valence-corrected chi connectivity index (χ0v) is 10.0. The molecule has 0 aliphatic heterocycles. The Morgan fingerprint density at radius 3 is 2.33 bits per heavy atom. The van der Waals surface area contributed by atoms with E-state index < -0.39 is 0 Å². The van der Waals surface area contributed by atoms with E-state index in [-0.39, 0.29) is 0 Å². The van der Waals surface area contributed by atoms with Gasteiger partial charge in [0.15, 0.2) is 0 Å². The summed E-state index contributed by atoms with van der Waals surface area (Å²) in [5, 5.41) is 0. The molecule has 84 valence electrons. The molecule has 4 aliphatic carbocycles. The van der Waals surface area contributed by atoms with E-state index in [0.29, 0.717) is 0 Å². The van der Waals surface area contributed by atoms with Crippen molar-refractivity contribution >= 4 is 0 Å². The summed E-state index contributed by atoms with van der Waals surface area (Å²) in [6.45, 7) is 2.46. The molecule has 0 N–H and O–H groups in total. The molecule has 0 aromatic heterocycles. The van der Waals surface area contributed by atoms with Gasteiger partial charge in [0.1, 0.15) is 0 Å². The lowest BCUT2D eigenvalue weighted by atomic mass is 9.69. The van der Waals surface area contributed by atoms with Gasteiger partial charge in [-0.05, 0) is 67.1 Å². The Balaban J connectivity index is 1.52. The summed E-state index contributed by atoms with van der Waals surface area (Å²) in [4.78, 5) is 0. The van der Waals surface area contributed by atoms with Crippen molar-refractivity contribution in [1.29, 1.82) is 0 Å². The topological polar surface area (TPSA) is 0 Å². The van der Waals surface area contributed by atoms with Crippen LogP contribution in [0.1, 0.15) is 58.3 Å². The maximum Gasteiger partial charge on any atom is -0.0230 e. The molecule has 4 unspecified atom stereocenters. The summed E-state index contributed by atoms with van der Waals surface area (Å²) >= 11 is 0. The van der Waals surface area contributed by atoms with Crippen molar-refractivity contribution in [1.82, 2.24) is 0 Å². The van der Waals surface area contributed by atoms with Crippen molar-refractivity contribution < 1.29 is 0 Å². The number of hydrogen-bond donors (Lipinski definition) is 0. The zero-order valence-electron chi connectivity index (χ0n) is 10.0. The first kappa shape index (κ1) is 9.07. The third kappa shape index (κ3) is 1.14. The molecule has 0 nitrogen and oxygen atoms in total. The Bertz CT molecular complexity index is 274. The third-order valence-corrected chi connectivity index (χ3v) is 6.43. The lowest BCUT2D eigenvalue weighted by molar-refractivity contribution is 0.144. The standard InChI is InChI=1S/C15H24/c1-10-8-15(9-10)13-5-4-11-2-3-12(6-11)7-14(13)15/h10-14H,2-9H2,1H3. The molecule has 2 bridgehead atoms. The Hall–Kier alpha value is 0. The van der Waals surface area contributed by atoms with Crippen LogP contribution in [0.5, 0.6) is 0 Å². The van der Waals surface area contributed by atoms with E-state index in [9.17, 15) is 0 Å². The van der Waals surface area contributed by atoms with Crippen LogP contribution in [0.2, 0.25) is 0 Å². The van der Waals surface area contributed by atoms with E-state index in [0.717, 1.165) is 23.2 Å². The predicted octanol–water partition coefficient (Wildman–Crippen LogP) is 4.25. The van der Waals surface area contributed by atoms with Gasteiger partial charge in [-0.15, -0.1) is 0 Å². The minimum Gasteiger partial charge on any atom is -0.0625 e. The molecule has 4 fully saturated rings. The molecule has 0 aromatic carbocycles. The lowest BCUT2D eigenvalue weighted by Gasteiger charge is -2.36. The second-order valence-electron chi connectivity index (χ2n) is 7.32. The van der Waals surface area contributed by atoms with Crippen LogP contribution in [0.4, 0.5) is 0 Å². The van der Waals surface area contributed by atoms with Crippen LogP contribution >= 0.6 is 0 Å². The fraction of sp³-hybridized carbons (Fsp3) is 1.00. The van der Waals surface area contributed by atoms with E-state index >= 15 is 0 Å². The summed E-state index contributed by atoms with van der Waals surface area (Å²) < 4.78 is 0. The maximum absolute atomic E-state index is 2.46. The number of rotatable bonds is 0. The molecule has 4 atom stereocenters. The molecule has 4 aliphatic rings. The predicted molar refractivity (Wildman–Crippen MR) is 62.5 cm³/mol. The quantitative estimate of drug-likeness (QED) is 0.553. The van der Waals surface area contributed by atoms with Gasteiger partial charge in [0.05, 0.1) is 0 Å². The van der Waals surface area contributed by atoms with Crippen LogP contribution in [0.15, 0.2) is 0 Å². The smallest absolute Gasteiger partial charge is 0.0230 e. The van der Waals surface area contributed by atoms with Crippen LogP contribution in [-0.2, 0) is 0 Å². The molecule has 4 saturated carbocycles. The molecule has 1 spiro atoms. The minimum atomic E-state index is 0.921. The van der Waals surface area contributed by atoms with Gasteiger partial charge >= 0.3 is 0 Å². The second-order valence-corrected chi connectivity index (χ2v) is 7.32. The number of hydrogen-bond acceptors (Lipinski definition) is 0. The van der Waals surface area contributed by atoms with Crippen molar-refractivity contribution in [3.05, 3.63) is 0 Å². The van der Waals surface area contributed by atoms with Crippen molar-refractivity contribution in [3.63, 3.8) is 0 Å². The highest BCUT2D eigenvalue weighted by Crippen LogP contribution is 2.75. The molecule has 0 heteroatoms.